The molecule has 9 heteroatoms. The van der Waals surface area contributed by atoms with Crippen LogP contribution in [0.1, 0.15) is 10.4 Å². The van der Waals surface area contributed by atoms with Crippen molar-refractivity contribution in [3.63, 3.8) is 0 Å². The summed E-state index contributed by atoms with van der Waals surface area (Å²) in [6.07, 6.45) is 1.61. The fraction of sp³-hybridized carbons (Fsp3) is 0.0909. The van der Waals surface area contributed by atoms with Gasteiger partial charge in [-0.2, -0.15) is 0 Å². The van der Waals surface area contributed by atoms with Gasteiger partial charge in [-0.3, -0.25) is 19.0 Å². The molecular weight excluding hydrogens is 414 g/mol. The van der Waals surface area contributed by atoms with Crippen LogP contribution in [-0.4, -0.2) is 32.1 Å². The highest BCUT2D eigenvalue weighted by Crippen LogP contribution is 2.24. The van der Waals surface area contributed by atoms with E-state index in [0.29, 0.717) is 27.4 Å². The van der Waals surface area contributed by atoms with Crippen LogP contribution in [0.25, 0.3) is 21.9 Å². The first-order valence-electron chi connectivity index (χ1n) is 9.42. The summed E-state index contributed by atoms with van der Waals surface area (Å²) in [5, 5.41) is 4.03. The van der Waals surface area contributed by atoms with Crippen molar-refractivity contribution >= 4 is 51.2 Å². The predicted octanol–water partition coefficient (Wildman–Crippen LogP) is 2.89. The van der Waals surface area contributed by atoms with E-state index in [0.717, 1.165) is 10.9 Å². The largest absolute Gasteiger partial charge is 0.366 e. The number of nitrogens with two attached hydrogens (primary N) is 1. The van der Waals surface area contributed by atoms with E-state index < -0.39 is 5.91 Å². The zero-order valence-electron chi connectivity index (χ0n) is 16.4. The molecule has 0 saturated carbocycles. The Morgan fingerprint density at radius 1 is 1.19 bits per heavy atom. The number of allylic oxidation sites excluding steroid dienone is 1. The second kappa shape index (κ2) is 8.49. The number of aromatic amines is 1. The average molecular weight is 433 g/mol. The number of nitrogens with zero attached hydrogens (tertiary/aromatic N) is 2. The van der Waals surface area contributed by atoms with Gasteiger partial charge in [0.05, 0.1) is 5.75 Å². The van der Waals surface area contributed by atoms with Crippen molar-refractivity contribution < 1.29 is 9.59 Å². The highest BCUT2D eigenvalue weighted by Gasteiger charge is 2.16. The summed E-state index contributed by atoms with van der Waals surface area (Å²) in [6, 6.07) is 13.8. The number of H-pyrrole nitrogens is 1. The molecule has 4 aromatic rings. The van der Waals surface area contributed by atoms with Crippen molar-refractivity contribution in [2.45, 2.75) is 11.7 Å². The first-order chi connectivity index (χ1) is 15.0. The van der Waals surface area contributed by atoms with Crippen LogP contribution in [0, 0.1) is 0 Å². The lowest BCUT2D eigenvalue weighted by atomic mass is 10.2. The Bertz CT molecular complexity index is 1370. The monoisotopic (exact) mass is 433 g/mol. The summed E-state index contributed by atoms with van der Waals surface area (Å²) in [6.45, 7) is 3.99. The van der Waals surface area contributed by atoms with E-state index in [1.807, 2.05) is 24.3 Å². The van der Waals surface area contributed by atoms with Crippen LogP contribution in [0.2, 0.25) is 0 Å². The van der Waals surface area contributed by atoms with Crippen molar-refractivity contribution in [1.82, 2.24) is 14.5 Å². The number of rotatable bonds is 7. The van der Waals surface area contributed by atoms with Crippen molar-refractivity contribution in [1.29, 1.82) is 0 Å². The molecule has 2 amide bonds. The highest BCUT2D eigenvalue weighted by molar-refractivity contribution is 7.99. The van der Waals surface area contributed by atoms with Gasteiger partial charge in [-0.1, -0.05) is 36.0 Å². The number of primary amides is 1. The van der Waals surface area contributed by atoms with Crippen LogP contribution in [0.5, 0.6) is 0 Å². The molecular formula is C22H19N5O3S. The lowest BCUT2D eigenvalue weighted by molar-refractivity contribution is -0.113. The van der Waals surface area contributed by atoms with E-state index in [9.17, 15) is 14.4 Å². The molecule has 0 fully saturated rings. The number of hydrogen-bond acceptors (Lipinski definition) is 5. The smallest absolute Gasteiger partial charge is 0.278 e. The second-order valence-corrected chi connectivity index (χ2v) is 7.71. The number of para-hydroxylation sites is 1. The molecule has 2 aromatic carbocycles. The van der Waals surface area contributed by atoms with Gasteiger partial charge in [-0.15, -0.1) is 6.58 Å². The summed E-state index contributed by atoms with van der Waals surface area (Å²) >= 11 is 1.17. The molecule has 0 bridgehead atoms. The lowest BCUT2D eigenvalue weighted by Gasteiger charge is -2.10. The third kappa shape index (κ3) is 4.08. The lowest BCUT2D eigenvalue weighted by Crippen LogP contribution is -2.23. The number of amides is 2. The minimum absolute atomic E-state index is 0.0506. The molecule has 0 spiro atoms. The van der Waals surface area contributed by atoms with E-state index in [2.05, 4.69) is 21.9 Å². The van der Waals surface area contributed by atoms with Crippen LogP contribution in [0.4, 0.5) is 5.69 Å². The van der Waals surface area contributed by atoms with Crippen LogP contribution >= 0.6 is 11.8 Å². The summed E-state index contributed by atoms with van der Waals surface area (Å²) < 4.78 is 1.49. The van der Waals surface area contributed by atoms with Crippen molar-refractivity contribution in [3.8, 4) is 0 Å². The summed E-state index contributed by atoms with van der Waals surface area (Å²) in [7, 11) is 0. The first kappa shape index (κ1) is 20.4. The Balaban J connectivity index is 1.59. The Morgan fingerprint density at radius 2 is 1.94 bits per heavy atom. The Morgan fingerprint density at radius 3 is 2.65 bits per heavy atom. The van der Waals surface area contributed by atoms with Crippen LogP contribution < -0.4 is 16.6 Å². The SMILES string of the molecule is C=CCn1c(SCC(=O)Nc2ccc(C(N)=O)cc2)nc2c([nH]c3ccccc32)c1=O. The van der Waals surface area contributed by atoms with Crippen molar-refractivity contribution in [2.75, 3.05) is 11.1 Å². The fourth-order valence-electron chi connectivity index (χ4n) is 3.22. The van der Waals surface area contributed by atoms with Gasteiger partial charge in [0.25, 0.3) is 5.56 Å². The van der Waals surface area contributed by atoms with Crippen LogP contribution in [0.3, 0.4) is 0 Å². The molecule has 0 saturated heterocycles. The number of carbonyl (C=O) groups excluding carboxylic acids is 2. The van der Waals surface area contributed by atoms with Gasteiger partial charge in [0.15, 0.2) is 5.16 Å². The molecule has 4 rings (SSSR count). The van der Waals surface area contributed by atoms with Gasteiger partial charge in [-0.05, 0) is 30.3 Å². The standard InChI is InChI=1S/C22H19N5O3S/c1-2-11-27-21(30)19-18(15-5-3-4-6-16(15)25-19)26-22(27)31-12-17(28)24-14-9-7-13(8-10-14)20(23)29/h2-10,25H,1,11-12H2,(H2,23,29)(H,24,28). The van der Waals surface area contributed by atoms with Gasteiger partial charge < -0.3 is 16.0 Å². The van der Waals surface area contributed by atoms with Gasteiger partial charge in [0.2, 0.25) is 11.8 Å². The van der Waals surface area contributed by atoms with E-state index >= 15 is 0 Å². The first-order valence-corrected chi connectivity index (χ1v) is 10.4. The van der Waals surface area contributed by atoms with Gasteiger partial charge in [0, 0.05) is 28.7 Å². The van der Waals surface area contributed by atoms with E-state index in [1.165, 1.54) is 16.3 Å². The number of anilines is 1. The Kier molecular flexibility index (Phi) is 5.59. The van der Waals surface area contributed by atoms with E-state index in [4.69, 9.17) is 5.73 Å². The summed E-state index contributed by atoms with van der Waals surface area (Å²) in [4.78, 5) is 44.4. The summed E-state index contributed by atoms with van der Waals surface area (Å²) in [5.74, 6) is -0.753. The molecule has 156 valence electrons. The third-order valence-electron chi connectivity index (χ3n) is 4.67. The molecule has 2 aromatic heterocycles. The minimum Gasteiger partial charge on any atom is -0.366 e. The molecule has 31 heavy (non-hydrogen) atoms. The molecule has 0 aliphatic rings. The molecule has 0 aliphatic heterocycles. The maximum absolute atomic E-state index is 13.0. The van der Waals surface area contributed by atoms with Gasteiger partial charge in [-0.25, -0.2) is 4.98 Å². The average Bonchev–Trinajstić information content (AvgIpc) is 3.14. The van der Waals surface area contributed by atoms with Crippen molar-refractivity contribution in [3.05, 3.63) is 77.1 Å². The molecule has 4 N–H and O–H groups in total. The third-order valence-corrected chi connectivity index (χ3v) is 5.65. The highest BCUT2D eigenvalue weighted by atomic mass is 32.2. The molecule has 0 aliphatic carbocycles. The minimum atomic E-state index is -0.535. The second-order valence-electron chi connectivity index (χ2n) is 6.77. The number of aromatic nitrogens is 3. The maximum Gasteiger partial charge on any atom is 0.278 e. The molecule has 0 atom stereocenters. The predicted molar refractivity (Wildman–Crippen MR) is 122 cm³/mol. The van der Waals surface area contributed by atoms with E-state index in [-0.39, 0.29) is 23.8 Å². The summed E-state index contributed by atoms with van der Waals surface area (Å²) in [5.41, 5.74) is 7.73. The molecule has 8 nitrogen and oxygen atoms in total. The van der Waals surface area contributed by atoms with Crippen LogP contribution in [-0.2, 0) is 11.3 Å². The maximum atomic E-state index is 13.0. The molecule has 0 radical (unpaired) electrons. The normalized spacial score (nSPS) is 11.0. The Labute approximate surface area is 181 Å². The topological polar surface area (TPSA) is 123 Å². The zero-order valence-corrected chi connectivity index (χ0v) is 17.2. The molecule has 0 unspecified atom stereocenters. The fourth-order valence-corrected chi connectivity index (χ4v) is 4.02. The quantitative estimate of drug-likeness (QED) is 0.235. The Hall–Kier alpha value is -3.85. The number of carbonyl (C=O) groups is 2. The van der Waals surface area contributed by atoms with E-state index in [1.54, 1.807) is 30.3 Å². The number of thioether (sulfide) groups is 1. The molecule has 2 heterocycles. The number of benzene rings is 2. The zero-order chi connectivity index (χ0) is 22.0. The number of hydrogen-bond donors (Lipinski definition) is 3. The van der Waals surface area contributed by atoms with Gasteiger partial charge in [0.1, 0.15) is 11.0 Å². The van der Waals surface area contributed by atoms with Gasteiger partial charge >= 0.3 is 0 Å². The van der Waals surface area contributed by atoms with Crippen molar-refractivity contribution in [2.24, 2.45) is 5.73 Å². The number of fused-ring (bicyclic) bond motifs is 3. The number of nitrogens with one attached hydrogen (secondary N) is 2. The van der Waals surface area contributed by atoms with Crippen LogP contribution in [0.15, 0.2) is 71.1 Å².